The van der Waals surface area contributed by atoms with Crippen molar-refractivity contribution in [2.45, 2.75) is 0 Å². The fourth-order valence-corrected chi connectivity index (χ4v) is 9.87. The molecule has 2 aromatic heterocycles. The second-order valence-corrected chi connectivity index (χ2v) is 11.7. The summed E-state index contributed by atoms with van der Waals surface area (Å²) >= 11 is 5.49. The summed E-state index contributed by atoms with van der Waals surface area (Å²) in [6, 6.07) is 23.5. The Morgan fingerprint density at radius 2 is 1.37 bits per heavy atom. The van der Waals surface area contributed by atoms with Crippen molar-refractivity contribution < 1.29 is 0 Å². The molecule has 0 saturated carbocycles. The molecule has 2 aromatic carbocycles. The second-order valence-electron chi connectivity index (χ2n) is 6.87. The van der Waals surface area contributed by atoms with Crippen LogP contribution in [0.5, 0.6) is 0 Å². The zero-order chi connectivity index (χ0) is 18.0. The van der Waals surface area contributed by atoms with Crippen LogP contribution in [0.1, 0.15) is 0 Å². The Kier molecular flexibility index (Phi) is 3.09. The van der Waals surface area contributed by atoms with Gasteiger partial charge in [0.05, 0.1) is 0 Å². The molecule has 6 rings (SSSR count). The van der Waals surface area contributed by atoms with Crippen LogP contribution < -0.4 is 15.3 Å². The van der Waals surface area contributed by atoms with Crippen molar-refractivity contribution in [2.75, 3.05) is 4.67 Å². The number of benzene rings is 2. The minimum atomic E-state index is -2.56. The molecule has 0 amide bonds. The third kappa shape index (κ3) is 1.87. The van der Waals surface area contributed by atoms with E-state index < -0.39 is 6.62 Å². The van der Waals surface area contributed by atoms with Crippen LogP contribution in [0.25, 0.3) is 22.3 Å². The van der Waals surface area contributed by atoms with Gasteiger partial charge in [0.2, 0.25) is 0 Å². The van der Waals surface area contributed by atoms with E-state index in [-0.39, 0.29) is 0 Å². The van der Waals surface area contributed by atoms with Crippen LogP contribution in [0.15, 0.2) is 85.3 Å². The molecule has 130 valence electrons. The molecular formula is C22H16N3PS. The Bertz CT molecular complexity index is 1130. The number of fused-ring (bicyclic) bond motifs is 11. The van der Waals surface area contributed by atoms with Gasteiger partial charge in [-0.25, -0.2) is 0 Å². The number of aromatic nitrogens is 2. The molecular weight excluding hydrogens is 369 g/mol. The van der Waals surface area contributed by atoms with E-state index in [4.69, 9.17) is 17.2 Å². The van der Waals surface area contributed by atoms with Crippen LogP contribution in [0.4, 0.5) is 11.5 Å². The van der Waals surface area contributed by atoms with Crippen molar-refractivity contribution in [3.05, 3.63) is 85.3 Å². The average Bonchev–Trinajstić information content (AvgIpc) is 2.74. The molecule has 5 heteroatoms. The molecule has 3 nitrogen and oxygen atoms in total. The Labute approximate surface area is 163 Å². The fraction of sp³-hybridized carbons (Fsp3) is 0. The number of hydrogen-bond donors (Lipinski definition) is 1. The van der Waals surface area contributed by atoms with Crippen molar-refractivity contribution in [3.63, 3.8) is 0 Å². The van der Waals surface area contributed by atoms with Gasteiger partial charge in [-0.2, -0.15) is 0 Å². The molecule has 27 heavy (non-hydrogen) atoms. The zero-order valence-electron chi connectivity index (χ0n) is 14.4. The molecule has 0 atom stereocenters. The first-order chi connectivity index (χ1) is 13.3. The van der Waals surface area contributed by atoms with Crippen LogP contribution in [-0.2, 0) is 0 Å². The van der Waals surface area contributed by atoms with E-state index in [1.165, 1.54) is 21.7 Å². The topological polar surface area (TPSA) is 29.0 Å². The predicted octanol–water partition coefficient (Wildman–Crippen LogP) is 4.74. The molecule has 0 bridgehead atoms. The summed E-state index contributed by atoms with van der Waals surface area (Å²) in [5.74, 6) is 0.986. The van der Waals surface area contributed by atoms with Gasteiger partial charge in [0, 0.05) is 0 Å². The van der Waals surface area contributed by atoms with Crippen LogP contribution in [0.3, 0.4) is 0 Å². The van der Waals surface area contributed by atoms with Gasteiger partial charge in [0.1, 0.15) is 0 Å². The van der Waals surface area contributed by atoms with E-state index in [2.05, 4.69) is 70.3 Å². The molecule has 0 N–H and O–H groups in total. The number of anilines is 2. The summed E-state index contributed by atoms with van der Waals surface area (Å²) in [6.07, 6.45) is 5.69. The van der Waals surface area contributed by atoms with Gasteiger partial charge in [-0.3, -0.25) is 0 Å². The van der Waals surface area contributed by atoms with Crippen molar-refractivity contribution in [3.8, 4) is 22.3 Å². The van der Waals surface area contributed by atoms with E-state index in [0.717, 1.165) is 22.6 Å². The SMILES string of the molecule is S[PH]12c3ccccc3-c3cnccc3N1c1ncccc1-c1ccccc12. The summed E-state index contributed by atoms with van der Waals surface area (Å²) in [4.78, 5) is 9.21. The molecule has 4 heterocycles. The van der Waals surface area contributed by atoms with Gasteiger partial charge in [0.25, 0.3) is 0 Å². The number of hydrogen-bond acceptors (Lipinski definition) is 4. The number of thiol groups is 1. The average molecular weight is 385 g/mol. The van der Waals surface area contributed by atoms with Crippen molar-refractivity contribution in [1.82, 2.24) is 9.97 Å². The van der Waals surface area contributed by atoms with Gasteiger partial charge in [-0.1, -0.05) is 0 Å². The standard InChI is InChI=1S/C22H16N3PS/c27-26-20-9-3-1-6-15(20)17-8-5-12-24-22(17)25(26)19-11-13-23-14-18(19)16-7-2-4-10-21(16)26/h1-14,26-27H. The predicted molar refractivity (Wildman–Crippen MR) is 118 cm³/mol. The van der Waals surface area contributed by atoms with Gasteiger partial charge < -0.3 is 0 Å². The molecule has 0 spiro atoms. The summed E-state index contributed by atoms with van der Waals surface area (Å²) < 4.78 is 2.40. The van der Waals surface area contributed by atoms with Crippen LogP contribution in [0, 0.1) is 0 Å². The third-order valence-corrected chi connectivity index (χ3v) is 11.1. The Morgan fingerprint density at radius 1 is 0.704 bits per heavy atom. The monoisotopic (exact) mass is 385 g/mol. The van der Waals surface area contributed by atoms with Crippen LogP contribution in [-0.4, -0.2) is 9.97 Å². The normalized spacial score (nSPS) is 16.3. The van der Waals surface area contributed by atoms with Gasteiger partial charge in [-0.15, -0.1) is 0 Å². The Hall–Kier alpha value is -2.68. The summed E-state index contributed by atoms with van der Waals surface area (Å²) in [6.45, 7) is -2.56. The Morgan fingerprint density at radius 3 is 2.15 bits per heavy atom. The first-order valence-electron chi connectivity index (χ1n) is 8.91. The van der Waals surface area contributed by atoms with Crippen molar-refractivity contribution in [2.24, 2.45) is 0 Å². The molecule has 2 aliphatic rings. The first-order valence-corrected chi connectivity index (χ1v) is 12.1. The van der Waals surface area contributed by atoms with Crippen molar-refractivity contribution >= 4 is 41.0 Å². The van der Waals surface area contributed by atoms with Crippen LogP contribution in [0.2, 0.25) is 0 Å². The van der Waals surface area contributed by atoms with E-state index in [9.17, 15) is 0 Å². The molecule has 0 unspecified atom stereocenters. The van der Waals surface area contributed by atoms with E-state index in [1.54, 1.807) is 0 Å². The molecule has 0 aliphatic carbocycles. The molecule has 0 fully saturated rings. The fourth-order valence-electron chi connectivity index (χ4n) is 4.45. The number of rotatable bonds is 0. The van der Waals surface area contributed by atoms with E-state index in [0.29, 0.717) is 0 Å². The zero-order valence-corrected chi connectivity index (χ0v) is 16.3. The Balaban J connectivity index is 1.82. The summed E-state index contributed by atoms with van der Waals surface area (Å²) in [5, 5.41) is 2.60. The molecule has 2 aliphatic heterocycles. The maximum absolute atomic E-state index is 5.49. The minimum absolute atomic E-state index is 0.986. The maximum atomic E-state index is 5.49. The summed E-state index contributed by atoms with van der Waals surface area (Å²) in [5.41, 5.74) is 5.91. The first kappa shape index (κ1) is 15.4. The molecule has 4 aromatic rings. The second kappa shape index (κ2) is 5.41. The number of pyridine rings is 2. The van der Waals surface area contributed by atoms with Crippen molar-refractivity contribution in [1.29, 1.82) is 0 Å². The quantitative estimate of drug-likeness (QED) is 0.350. The summed E-state index contributed by atoms with van der Waals surface area (Å²) in [7, 11) is 0. The third-order valence-electron chi connectivity index (χ3n) is 5.55. The number of nitrogens with zero attached hydrogens (tertiary/aromatic N) is 3. The van der Waals surface area contributed by atoms with Gasteiger partial charge in [-0.05, 0) is 0 Å². The van der Waals surface area contributed by atoms with Gasteiger partial charge in [0.15, 0.2) is 0 Å². The van der Waals surface area contributed by atoms with E-state index >= 15 is 0 Å². The van der Waals surface area contributed by atoms with Gasteiger partial charge >= 0.3 is 163 Å². The van der Waals surface area contributed by atoms with E-state index in [1.807, 2.05) is 24.7 Å². The molecule has 0 radical (unpaired) electrons. The van der Waals surface area contributed by atoms with Crippen LogP contribution >= 0.6 is 18.9 Å². The molecule has 0 saturated heterocycles.